The fourth-order valence-corrected chi connectivity index (χ4v) is 4.44. The lowest BCUT2D eigenvalue weighted by Crippen LogP contribution is -2.51. The molecule has 2 N–H and O–H groups in total. The zero-order valence-electron chi connectivity index (χ0n) is 20.3. The molecule has 0 saturated heterocycles. The van der Waals surface area contributed by atoms with E-state index in [0.717, 1.165) is 44.2 Å². The number of likely N-dealkylation sites (N-methyl/N-ethyl adjacent to an activating group) is 1. The summed E-state index contributed by atoms with van der Waals surface area (Å²) in [6.07, 6.45) is 0.236. The molecule has 10 heteroatoms. The molecule has 1 saturated carbocycles. The number of hydrogen-bond acceptors (Lipinski definition) is 4. The van der Waals surface area contributed by atoms with Gasteiger partial charge in [0, 0.05) is 6.54 Å². The molecule has 196 valence electrons. The lowest BCUT2D eigenvalue weighted by atomic mass is 9.84. The largest absolute Gasteiger partial charge is 0.497 e. The second-order valence-corrected chi connectivity index (χ2v) is 8.85. The van der Waals surface area contributed by atoms with Gasteiger partial charge in [-0.25, -0.2) is 4.39 Å². The van der Waals surface area contributed by atoms with Gasteiger partial charge in [0.25, 0.3) is 11.8 Å². The minimum atomic E-state index is -4.95. The van der Waals surface area contributed by atoms with Crippen molar-refractivity contribution in [3.8, 4) is 5.75 Å². The molecule has 0 heterocycles. The number of carbonyl (C=O) groups is 2. The number of methoxy groups -OCH3 is 1. The van der Waals surface area contributed by atoms with Gasteiger partial charge in [-0.1, -0.05) is 38.2 Å². The van der Waals surface area contributed by atoms with Crippen LogP contribution in [0.1, 0.15) is 61.4 Å². The lowest BCUT2D eigenvalue weighted by Gasteiger charge is -2.31. The van der Waals surface area contributed by atoms with Crippen LogP contribution in [-0.4, -0.2) is 36.5 Å². The highest BCUT2D eigenvalue weighted by Gasteiger charge is 2.36. The van der Waals surface area contributed by atoms with Crippen molar-refractivity contribution in [2.45, 2.75) is 57.7 Å². The van der Waals surface area contributed by atoms with E-state index in [9.17, 15) is 27.2 Å². The molecule has 0 aromatic heterocycles. The molecular weight excluding hydrogens is 478 g/mol. The molecule has 36 heavy (non-hydrogen) atoms. The SMILES string of the molecule is CCN(Nc1ccc(OC)cc1)C(=O)C(CC1CCCCC1)NC(=O)c1cccc(C(F)(F)F)c1F. The first-order valence-corrected chi connectivity index (χ1v) is 12.0. The van der Waals surface area contributed by atoms with Crippen LogP contribution in [0.5, 0.6) is 5.75 Å². The van der Waals surface area contributed by atoms with Crippen LogP contribution in [0.3, 0.4) is 0 Å². The van der Waals surface area contributed by atoms with Gasteiger partial charge in [-0.2, -0.15) is 13.2 Å². The normalized spacial score (nSPS) is 15.2. The average Bonchev–Trinajstić information content (AvgIpc) is 2.86. The highest BCUT2D eigenvalue weighted by atomic mass is 19.4. The Morgan fingerprint density at radius 3 is 2.33 bits per heavy atom. The number of nitrogens with one attached hydrogen (secondary N) is 2. The topological polar surface area (TPSA) is 70.7 Å². The summed E-state index contributed by atoms with van der Waals surface area (Å²) in [5, 5.41) is 3.85. The second-order valence-electron chi connectivity index (χ2n) is 8.85. The molecule has 1 aliphatic carbocycles. The zero-order chi connectivity index (χ0) is 26.3. The summed E-state index contributed by atoms with van der Waals surface area (Å²) in [5.41, 5.74) is 1.34. The number of alkyl halides is 3. The number of anilines is 1. The quantitative estimate of drug-likeness (QED) is 0.331. The maximum Gasteiger partial charge on any atom is 0.419 e. The van der Waals surface area contributed by atoms with Gasteiger partial charge in [-0.15, -0.1) is 0 Å². The molecule has 0 radical (unpaired) electrons. The van der Waals surface area contributed by atoms with Gasteiger partial charge in [0.2, 0.25) is 0 Å². The van der Waals surface area contributed by atoms with Crippen molar-refractivity contribution < 1.29 is 31.9 Å². The highest BCUT2D eigenvalue weighted by molar-refractivity contribution is 5.98. The van der Waals surface area contributed by atoms with E-state index < -0.39 is 41.0 Å². The molecule has 2 aromatic rings. The molecule has 3 rings (SSSR count). The van der Waals surface area contributed by atoms with E-state index in [0.29, 0.717) is 23.9 Å². The predicted molar refractivity (Wildman–Crippen MR) is 128 cm³/mol. The summed E-state index contributed by atoms with van der Waals surface area (Å²) in [5.74, 6) is -2.37. The van der Waals surface area contributed by atoms with Crippen LogP contribution in [0.25, 0.3) is 0 Å². The summed E-state index contributed by atoms with van der Waals surface area (Å²) < 4.78 is 59.2. The zero-order valence-corrected chi connectivity index (χ0v) is 20.3. The minimum Gasteiger partial charge on any atom is -0.497 e. The van der Waals surface area contributed by atoms with Crippen LogP contribution in [0.2, 0.25) is 0 Å². The van der Waals surface area contributed by atoms with Crippen LogP contribution < -0.4 is 15.5 Å². The summed E-state index contributed by atoms with van der Waals surface area (Å²) in [6, 6.07) is 8.38. The molecule has 1 atom stereocenters. The predicted octanol–water partition coefficient (Wildman–Crippen LogP) is 5.80. The molecule has 1 aliphatic rings. The van der Waals surface area contributed by atoms with Gasteiger partial charge in [0.05, 0.1) is 23.9 Å². The van der Waals surface area contributed by atoms with E-state index in [1.807, 2.05) is 0 Å². The number of nitrogens with zero attached hydrogens (tertiary/aromatic N) is 1. The number of hydrazine groups is 1. The first-order valence-electron chi connectivity index (χ1n) is 12.0. The number of rotatable bonds is 9. The van der Waals surface area contributed by atoms with E-state index in [-0.39, 0.29) is 12.5 Å². The molecule has 1 fully saturated rings. The Labute approximate surface area is 208 Å². The molecular formula is C26H31F4N3O3. The van der Waals surface area contributed by atoms with E-state index in [4.69, 9.17) is 4.74 Å². The van der Waals surface area contributed by atoms with Crippen molar-refractivity contribution in [1.29, 1.82) is 0 Å². The molecule has 2 aromatic carbocycles. The van der Waals surface area contributed by atoms with Gasteiger partial charge in [-0.05, 0) is 55.7 Å². The van der Waals surface area contributed by atoms with Gasteiger partial charge >= 0.3 is 6.18 Å². The van der Waals surface area contributed by atoms with Crippen molar-refractivity contribution in [2.24, 2.45) is 5.92 Å². The molecule has 6 nitrogen and oxygen atoms in total. The van der Waals surface area contributed by atoms with Gasteiger partial charge in [0.15, 0.2) is 0 Å². The third kappa shape index (κ3) is 6.89. The third-order valence-corrected chi connectivity index (χ3v) is 6.38. The number of hydrogen-bond donors (Lipinski definition) is 2. The first-order chi connectivity index (χ1) is 17.1. The lowest BCUT2D eigenvalue weighted by molar-refractivity contribution is -0.140. The standard InChI is InChI=1S/C26H31F4N3O3/c1-3-33(32-18-12-14-19(36-2)15-13-18)25(35)22(16-17-8-5-4-6-9-17)31-24(34)20-10-7-11-21(23(20)27)26(28,29)30/h7,10-15,17,22,32H,3-6,8-9,16H2,1-2H3,(H,31,34). The second kappa shape index (κ2) is 12.1. The Balaban J connectivity index is 1.83. The highest BCUT2D eigenvalue weighted by Crippen LogP contribution is 2.33. The van der Waals surface area contributed by atoms with Crippen molar-refractivity contribution in [2.75, 3.05) is 19.1 Å². The first kappa shape index (κ1) is 27.3. The van der Waals surface area contributed by atoms with Crippen molar-refractivity contribution in [3.63, 3.8) is 0 Å². The molecule has 1 unspecified atom stereocenters. The molecule has 2 amide bonds. The van der Waals surface area contributed by atoms with Crippen molar-refractivity contribution >= 4 is 17.5 Å². The van der Waals surface area contributed by atoms with E-state index in [2.05, 4.69) is 10.7 Å². The minimum absolute atomic E-state index is 0.166. The average molecular weight is 510 g/mol. The molecule has 0 spiro atoms. The van der Waals surface area contributed by atoms with E-state index >= 15 is 0 Å². The van der Waals surface area contributed by atoms with E-state index in [1.165, 1.54) is 12.1 Å². The van der Waals surface area contributed by atoms with Crippen LogP contribution in [0, 0.1) is 11.7 Å². The summed E-state index contributed by atoms with van der Waals surface area (Å²) in [6.45, 7) is 2.00. The summed E-state index contributed by atoms with van der Waals surface area (Å²) >= 11 is 0. The summed E-state index contributed by atoms with van der Waals surface area (Å²) in [7, 11) is 1.54. The molecule has 0 aliphatic heterocycles. The Morgan fingerprint density at radius 2 is 1.75 bits per heavy atom. The van der Waals surface area contributed by atoms with Crippen LogP contribution in [0.15, 0.2) is 42.5 Å². The van der Waals surface area contributed by atoms with E-state index in [1.54, 1.807) is 31.2 Å². The fourth-order valence-electron chi connectivity index (χ4n) is 4.44. The number of carbonyl (C=O) groups excluding carboxylic acids is 2. The summed E-state index contributed by atoms with van der Waals surface area (Å²) in [4.78, 5) is 26.4. The smallest absolute Gasteiger partial charge is 0.419 e. The van der Waals surface area contributed by atoms with Crippen LogP contribution in [0.4, 0.5) is 23.2 Å². The van der Waals surface area contributed by atoms with Crippen LogP contribution >= 0.6 is 0 Å². The van der Waals surface area contributed by atoms with Gasteiger partial charge in [0.1, 0.15) is 17.6 Å². The monoisotopic (exact) mass is 509 g/mol. The Morgan fingerprint density at radius 1 is 1.08 bits per heavy atom. The van der Waals surface area contributed by atoms with Gasteiger partial charge < -0.3 is 10.1 Å². The fraction of sp³-hybridized carbons (Fsp3) is 0.462. The maximum absolute atomic E-state index is 14.6. The third-order valence-electron chi connectivity index (χ3n) is 6.38. The van der Waals surface area contributed by atoms with Gasteiger partial charge in [-0.3, -0.25) is 20.0 Å². The molecule has 0 bridgehead atoms. The number of benzene rings is 2. The van der Waals surface area contributed by atoms with Crippen molar-refractivity contribution in [1.82, 2.24) is 10.3 Å². The number of ether oxygens (including phenoxy) is 1. The van der Waals surface area contributed by atoms with Crippen LogP contribution in [-0.2, 0) is 11.0 Å². The Kier molecular flexibility index (Phi) is 9.17. The number of halogens is 4. The number of amides is 2. The Hall–Kier alpha value is -3.30. The maximum atomic E-state index is 14.6. The Bertz CT molecular complexity index is 1040. The van der Waals surface area contributed by atoms with Crippen molar-refractivity contribution in [3.05, 3.63) is 59.4 Å².